The van der Waals surface area contributed by atoms with Gasteiger partial charge in [-0.2, -0.15) is 0 Å². The lowest BCUT2D eigenvalue weighted by molar-refractivity contribution is 0.0814. The maximum Gasteiger partial charge on any atom is 0.177 e. The fraction of sp³-hybridized carbons (Fsp3) is 0.450. The number of aryl methyl sites for hydroxylation is 1. The Bertz CT molecular complexity index is 740. The van der Waals surface area contributed by atoms with Crippen molar-refractivity contribution in [3.8, 4) is 11.5 Å². The average molecular weight is 359 g/mol. The van der Waals surface area contributed by atoms with Crippen LogP contribution in [0.25, 0.3) is 0 Å². The molecule has 0 unspecified atom stereocenters. The smallest absolute Gasteiger partial charge is 0.177 e. The van der Waals surface area contributed by atoms with Crippen molar-refractivity contribution >= 4 is 17.1 Å². The normalized spacial score (nSPS) is 18.1. The lowest BCUT2D eigenvalue weighted by atomic mass is 9.92. The number of carbonyl (C=O) groups is 1. The molecular formula is C20H25NO3S. The van der Waals surface area contributed by atoms with Crippen LogP contribution in [-0.4, -0.2) is 38.0 Å². The molecule has 0 N–H and O–H groups in total. The van der Waals surface area contributed by atoms with Crippen molar-refractivity contribution in [1.29, 1.82) is 0 Å². The Morgan fingerprint density at radius 1 is 1.28 bits per heavy atom. The number of ether oxygens (including phenoxy) is 2. The number of Topliss-reactive ketones (excluding diaryl/α,β-unsaturated/α-hetero) is 1. The summed E-state index contributed by atoms with van der Waals surface area (Å²) in [6.07, 6.45) is 2.02. The molecule has 1 aromatic heterocycles. The zero-order chi connectivity index (χ0) is 17.8. The fourth-order valence-corrected chi connectivity index (χ4v) is 4.42. The molecule has 2 aromatic rings. The number of carbonyl (C=O) groups excluding carboxylic acids is 1. The Hall–Kier alpha value is -1.85. The predicted octanol–water partition coefficient (Wildman–Crippen LogP) is 4.17. The molecule has 134 valence electrons. The van der Waals surface area contributed by atoms with Gasteiger partial charge in [-0.1, -0.05) is 0 Å². The predicted molar refractivity (Wildman–Crippen MR) is 101 cm³/mol. The second-order valence-corrected chi connectivity index (χ2v) is 7.47. The number of ketones is 1. The van der Waals surface area contributed by atoms with Gasteiger partial charge in [-0.25, -0.2) is 0 Å². The van der Waals surface area contributed by atoms with E-state index in [-0.39, 0.29) is 5.92 Å². The summed E-state index contributed by atoms with van der Waals surface area (Å²) in [5.74, 6) is 2.08. The first-order valence-electron chi connectivity index (χ1n) is 8.64. The maximum absolute atomic E-state index is 12.8. The second kappa shape index (κ2) is 8.02. The van der Waals surface area contributed by atoms with E-state index in [1.807, 2.05) is 36.6 Å². The summed E-state index contributed by atoms with van der Waals surface area (Å²) in [7, 11) is 3.36. The van der Waals surface area contributed by atoms with E-state index in [9.17, 15) is 4.79 Å². The quantitative estimate of drug-likeness (QED) is 0.726. The van der Waals surface area contributed by atoms with Crippen molar-refractivity contribution in [2.24, 2.45) is 5.92 Å². The molecule has 0 radical (unpaired) electrons. The minimum atomic E-state index is 0.0858. The number of rotatable bonds is 6. The van der Waals surface area contributed by atoms with Crippen molar-refractivity contribution in [3.05, 3.63) is 45.6 Å². The summed E-state index contributed by atoms with van der Waals surface area (Å²) >= 11 is 1.56. The van der Waals surface area contributed by atoms with E-state index in [1.165, 1.54) is 0 Å². The van der Waals surface area contributed by atoms with E-state index in [4.69, 9.17) is 9.47 Å². The molecule has 1 aliphatic rings. The molecule has 1 fully saturated rings. The van der Waals surface area contributed by atoms with Crippen LogP contribution in [0.15, 0.2) is 29.6 Å². The third-order valence-corrected chi connectivity index (χ3v) is 5.87. The molecule has 4 nitrogen and oxygen atoms in total. The van der Waals surface area contributed by atoms with Crippen LogP contribution in [0.2, 0.25) is 0 Å². The van der Waals surface area contributed by atoms with E-state index in [0.29, 0.717) is 5.78 Å². The molecule has 0 amide bonds. The highest BCUT2D eigenvalue weighted by Crippen LogP contribution is 2.29. The number of benzene rings is 1. The van der Waals surface area contributed by atoms with E-state index >= 15 is 0 Å². The Balaban J connectivity index is 1.72. The number of hydrogen-bond acceptors (Lipinski definition) is 5. The third-order valence-electron chi connectivity index (χ3n) is 4.84. The minimum absolute atomic E-state index is 0.0858. The van der Waals surface area contributed by atoms with Crippen molar-refractivity contribution in [1.82, 2.24) is 4.90 Å². The van der Waals surface area contributed by atoms with Crippen molar-refractivity contribution in [2.45, 2.75) is 26.3 Å². The molecule has 0 saturated carbocycles. The standard InChI is InChI=1S/C20H25NO3S/c1-14-8-10-25-20(14)19(22)15-5-4-9-21(12-15)13-16-11-17(23-2)6-7-18(16)24-3/h6-8,10-11,15H,4-5,9,12-13H2,1-3H3/t15-/m0/s1. The highest BCUT2D eigenvalue weighted by atomic mass is 32.1. The van der Waals surface area contributed by atoms with Crippen molar-refractivity contribution < 1.29 is 14.3 Å². The van der Waals surface area contributed by atoms with Crippen molar-refractivity contribution in [2.75, 3.05) is 27.3 Å². The summed E-state index contributed by atoms with van der Waals surface area (Å²) in [5, 5.41) is 2.00. The molecule has 1 aromatic carbocycles. The van der Waals surface area contributed by atoms with Gasteiger partial charge in [0.15, 0.2) is 5.78 Å². The first-order valence-corrected chi connectivity index (χ1v) is 9.52. The molecule has 1 aliphatic heterocycles. The second-order valence-electron chi connectivity index (χ2n) is 6.55. The van der Waals surface area contributed by atoms with Gasteiger partial charge in [-0.15, -0.1) is 11.3 Å². The molecule has 0 spiro atoms. The average Bonchev–Trinajstić information content (AvgIpc) is 3.07. The Morgan fingerprint density at radius 2 is 2.12 bits per heavy atom. The third kappa shape index (κ3) is 4.05. The van der Waals surface area contributed by atoms with Gasteiger partial charge < -0.3 is 9.47 Å². The molecule has 3 rings (SSSR count). The van der Waals surface area contributed by atoms with E-state index < -0.39 is 0 Å². The maximum atomic E-state index is 12.8. The zero-order valence-corrected chi connectivity index (χ0v) is 15.9. The molecular weight excluding hydrogens is 334 g/mol. The highest BCUT2D eigenvalue weighted by Gasteiger charge is 2.28. The summed E-state index contributed by atoms with van der Waals surface area (Å²) in [6.45, 7) is 4.60. The minimum Gasteiger partial charge on any atom is -0.497 e. The monoisotopic (exact) mass is 359 g/mol. The lowest BCUT2D eigenvalue weighted by Gasteiger charge is -2.32. The van der Waals surface area contributed by atoms with Crippen LogP contribution < -0.4 is 9.47 Å². The number of thiophene rings is 1. The van der Waals surface area contributed by atoms with Gasteiger partial charge in [-0.05, 0) is 61.5 Å². The van der Waals surface area contributed by atoms with Gasteiger partial charge in [0.25, 0.3) is 0 Å². The van der Waals surface area contributed by atoms with Crippen LogP contribution in [0.4, 0.5) is 0 Å². The van der Waals surface area contributed by atoms with Crippen LogP contribution in [-0.2, 0) is 6.54 Å². The molecule has 0 bridgehead atoms. The summed E-state index contributed by atoms with van der Waals surface area (Å²) in [4.78, 5) is 16.1. The van der Waals surface area contributed by atoms with Gasteiger partial charge in [0.2, 0.25) is 0 Å². The first-order chi connectivity index (χ1) is 12.1. The van der Waals surface area contributed by atoms with Gasteiger partial charge in [0, 0.05) is 24.6 Å². The van der Waals surface area contributed by atoms with Gasteiger partial charge in [-0.3, -0.25) is 9.69 Å². The number of methoxy groups -OCH3 is 2. The fourth-order valence-electron chi connectivity index (χ4n) is 3.47. The molecule has 25 heavy (non-hydrogen) atoms. The molecule has 1 saturated heterocycles. The largest absolute Gasteiger partial charge is 0.497 e. The van der Waals surface area contributed by atoms with Gasteiger partial charge in [0.05, 0.1) is 19.1 Å². The van der Waals surface area contributed by atoms with Crippen molar-refractivity contribution in [3.63, 3.8) is 0 Å². The van der Waals surface area contributed by atoms with Crippen LogP contribution in [0.1, 0.15) is 33.6 Å². The number of likely N-dealkylation sites (tertiary alicyclic amines) is 1. The number of hydrogen-bond donors (Lipinski definition) is 0. The Kier molecular flexibility index (Phi) is 5.76. The highest BCUT2D eigenvalue weighted by molar-refractivity contribution is 7.12. The Morgan fingerprint density at radius 3 is 2.80 bits per heavy atom. The van der Waals surface area contributed by atoms with E-state index in [0.717, 1.165) is 60.0 Å². The van der Waals surface area contributed by atoms with Crippen LogP contribution in [0.5, 0.6) is 11.5 Å². The summed E-state index contributed by atoms with van der Waals surface area (Å²) in [5.41, 5.74) is 2.20. The van der Waals surface area contributed by atoms with E-state index in [1.54, 1.807) is 25.6 Å². The Labute approximate surface area is 153 Å². The molecule has 1 atom stereocenters. The summed E-state index contributed by atoms with van der Waals surface area (Å²) in [6, 6.07) is 7.90. The molecule has 2 heterocycles. The van der Waals surface area contributed by atoms with Crippen LogP contribution in [0.3, 0.4) is 0 Å². The van der Waals surface area contributed by atoms with E-state index in [2.05, 4.69) is 4.90 Å². The topological polar surface area (TPSA) is 38.8 Å². The first kappa shape index (κ1) is 18.0. The van der Waals surface area contributed by atoms with Gasteiger partial charge in [0.1, 0.15) is 11.5 Å². The van der Waals surface area contributed by atoms with Gasteiger partial charge >= 0.3 is 0 Å². The zero-order valence-electron chi connectivity index (χ0n) is 15.1. The lowest BCUT2D eigenvalue weighted by Crippen LogP contribution is -2.38. The number of nitrogens with zero attached hydrogens (tertiary/aromatic N) is 1. The van der Waals surface area contributed by atoms with Crippen LogP contribution in [0, 0.1) is 12.8 Å². The number of piperidine rings is 1. The SMILES string of the molecule is COc1ccc(OC)c(CN2CCC[C@H](C(=O)c3sccc3C)C2)c1. The molecule has 5 heteroatoms. The molecule has 0 aliphatic carbocycles. The summed E-state index contributed by atoms with van der Waals surface area (Å²) < 4.78 is 10.8. The van der Waals surface area contributed by atoms with Crippen LogP contribution >= 0.6 is 11.3 Å².